The van der Waals surface area contributed by atoms with E-state index in [1.54, 1.807) is 0 Å². The Bertz CT molecular complexity index is 453. The van der Waals surface area contributed by atoms with E-state index in [0.29, 0.717) is 16.9 Å². The van der Waals surface area contributed by atoms with Crippen molar-refractivity contribution in [3.63, 3.8) is 0 Å². The number of hydrogen-bond donors (Lipinski definition) is 1. The van der Waals surface area contributed by atoms with Gasteiger partial charge in [-0.1, -0.05) is 22.4 Å². The second-order valence-electron chi connectivity index (χ2n) is 4.41. The Labute approximate surface area is 129 Å². The van der Waals surface area contributed by atoms with Crippen molar-refractivity contribution in [2.45, 2.75) is 30.6 Å². The lowest BCUT2D eigenvalue weighted by Crippen LogP contribution is -2.38. The van der Waals surface area contributed by atoms with Crippen LogP contribution in [-0.4, -0.2) is 23.5 Å². The van der Waals surface area contributed by atoms with Gasteiger partial charge in [-0.2, -0.15) is 11.8 Å². The molecular formula is C13H15Br2NOS. The summed E-state index contributed by atoms with van der Waals surface area (Å²) in [6, 6.07) is 5.94. The van der Waals surface area contributed by atoms with Gasteiger partial charge in [0.05, 0.1) is 5.56 Å². The average Bonchev–Trinajstić information content (AvgIpc) is 2.76. The Hall–Kier alpha value is -0.000000000000000111. The van der Waals surface area contributed by atoms with Gasteiger partial charge in [0.15, 0.2) is 0 Å². The number of carbonyl (C=O) groups is 1. The third kappa shape index (κ3) is 3.31. The summed E-state index contributed by atoms with van der Waals surface area (Å²) in [4.78, 5) is 12.2. The van der Waals surface area contributed by atoms with Crippen LogP contribution >= 0.6 is 43.6 Å². The van der Waals surface area contributed by atoms with Crippen molar-refractivity contribution in [3.8, 4) is 0 Å². The molecule has 1 saturated carbocycles. The van der Waals surface area contributed by atoms with Crippen molar-refractivity contribution < 1.29 is 4.79 Å². The molecule has 2 unspecified atom stereocenters. The third-order valence-electron chi connectivity index (χ3n) is 3.25. The maximum Gasteiger partial charge on any atom is 0.252 e. The van der Waals surface area contributed by atoms with Gasteiger partial charge in [0.1, 0.15) is 0 Å². The van der Waals surface area contributed by atoms with Crippen LogP contribution in [0.2, 0.25) is 0 Å². The van der Waals surface area contributed by atoms with Crippen LogP contribution in [0.5, 0.6) is 0 Å². The van der Waals surface area contributed by atoms with Crippen LogP contribution in [0.25, 0.3) is 0 Å². The molecule has 0 aromatic heterocycles. The van der Waals surface area contributed by atoms with E-state index in [1.165, 1.54) is 12.8 Å². The summed E-state index contributed by atoms with van der Waals surface area (Å²) >= 11 is 8.67. The Morgan fingerprint density at radius 2 is 2.17 bits per heavy atom. The van der Waals surface area contributed by atoms with Crippen molar-refractivity contribution in [1.82, 2.24) is 5.32 Å². The SMILES string of the molecule is CSC1CCCC1NC(=O)c1ccc(Br)cc1Br. The highest BCUT2D eigenvalue weighted by Crippen LogP contribution is 2.29. The summed E-state index contributed by atoms with van der Waals surface area (Å²) in [5, 5.41) is 3.71. The Morgan fingerprint density at radius 1 is 1.39 bits per heavy atom. The molecule has 1 aromatic rings. The molecule has 2 nitrogen and oxygen atoms in total. The minimum atomic E-state index is 0.0142. The fourth-order valence-corrected chi connectivity index (χ4v) is 4.46. The molecule has 1 N–H and O–H groups in total. The fourth-order valence-electron chi connectivity index (χ4n) is 2.29. The molecule has 1 aliphatic rings. The second kappa shape index (κ2) is 6.44. The van der Waals surface area contributed by atoms with Crippen molar-refractivity contribution in [3.05, 3.63) is 32.7 Å². The number of carbonyl (C=O) groups excluding carboxylic acids is 1. The van der Waals surface area contributed by atoms with Gasteiger partial charge in [0.2, 0.25) is 0 Å². The van der Waals surface area contributed by atoms with Crippen molar-refractivity contribution in [2.24, 2.45) is 0 Å². The van der Waals surface area contributed by atoms with E-state index in [2.05, 4.69) is 43.4 Å². The molecule has 1 fully saturated rings. The first-order chi connectivity index (χ1) is 8.61. The zero-order valence-corrected chi connectivity index (χ0v) is 14.1. The molecule has 18 heavy (non-hydrogen) atoms. The lowest BCUT2D eigenvalue weighted by molar-refractivity contribution is 0.0938. The van der Waals surface area contributed by atoms with Gasteiger partial charge >= 0.3 is 0 Å². The van der Waals surface area contributed by atoms with Crippen LogP contribution in [0.1, 0.15) is 29.6 Å². The topological polar surface area (TPSA) is 29.1 Å². The zero-order valence-electron chi connectivity index (χ0n) is 10.1. The fraction of sp³-hybridized carbons (Fsp3) is 0.462. The molecule has 2 atom stereocenters. The van der Waals surface area contributed by atoms with Crippen LogP contribution in [0, 0.1) is 0 Å². The minimum Gasteiger partial charge on any atom is -0.348 e. The van der Waals surface area contributed by atoms with Crippen LogP contribution in [0.15, 0.2) is 27.1 Å². The summed E-state index contributed by atoms with van der Waals surface area (Å²) in [7, 11) is 0. The molecule has 0 aliphatic heterocycles. The Morgan fingerprint density at radius 3 is 2.83 bits per heavy atom. The van der Waals surface area contributed by atoms with E-state index in [1.807, 2.05) is 30.0 Å². The summed E-state index contributed by atoms with van der Waals surface area (Å²) in [5.74, 6) is 0.0142. The standard InChI is InChI=1S/C13H15Br2NOS/c1-18-12-4-2-3-11(12)16-13(17)9-6-5-8(14)7-10(9)15/h5-7,11-12H,2-4H2,1H3,(H,16,17). The second-order valence-corrected chi connectivity index (χ2v) is 7.26. The van der Waals surface area contributed by atoms with Crippen molar-refractivity contribution >= 4 is 49.5 Å². The quantitative estimate of drug-likeness (QED) is 0.833. The number of rotatable bonds is 3. The lowest BCUT2D eigenvalue weighted by Gasteiger charge is -2.19. The predicted octanol–water partition coefficient (Wildman–Crippen LogP) is 4.23. The molecule has 0 spiro atoms. The van der Waals surface area contributed by atoms with E-state index in [4.69, 9.17) is 0 Å². The van der Waals surface area contributed by atoms with Gasteiger partial charge in [-0.25, -0.2) is 0 Å². The number of amides is 1. The van der Waals surface area contributed by atoms with Crippen LogP contribution < -0.4 is 5.32 Å². The molecule has 1 aromatic carbocycles. The number of halogens is 2. The molecule has 0 heterocycles. The van der Waals surface area contributed by atoms with Gasteiger partial charge in [0, 0.05) is 20.2 Å². The zero-order chi connectivity index (χ0) is 13.1. The summed E-state index contributed by atoms with van der Waals surface area (Å²) in [6.45, 7) is 0. The van der Waals surface area contributed by atoms with Crippen LogP contribution in [0.3, 0.4) is 0 Å². The first kappa shape index (κ1) is 14.4. The molecule has 98 valence electrons. The van der Waals surface area contributed by atoms with Crippen molar-refractivity contribution in [2.75, 3.05) is 6.26 Å². The van der Waals surface area contributed by atoms with E-state index >= 15 is 0 Å². The first-order valence-electron chi connectivity index (χ1n) is 5.90. The highest BCUT2D eigenvalue weighted by molar-refractivity contribution is 9.11. The number of thioether (sulfide) groups is 1. The molecular weight excluding hydrogens is 378 g/mol. The minimum absolute atomic E-state index is 0.0142. The third-order valence-corrected chi connectivity index (χ3v) is 5.57. The van der Waals surface area contributed by atoms with Crippen molar-refractivity contribution in [1.29, 1.82) is 0 Å². The van der Waals surface area contributed by atoms with Gasteiger partial charge in [0.25, 0.3) is 5.91 Å². The molecule has 0 saturated heterocycles. The molecule has 0 radical (unpaired) electrons. The predicted molar refractivity (Wildman–Crippen MR) is 84.3 cm³/mol. The smallest absolute Gasteiger partial charge is 0.252 e. The van der Waals surface area contributed by atoms with E-state index in [0.717, 1.165) is 15.4 Å². The molecule has 2 rings (SSSR count). The number of hydrogen-bond acceptors (Lipinski definition) is 2. The van der Waals surface area contributed by atoms with Gasteiger partial charge in [-0.05, 0) is 53.2 Å². The first-order valence-corrected chi connectivity index (χ1v) is 8.78. The average molecular weight is 393 g/mol. The Kier molecular flexibility index (Phi) is 5.15. The Balaban J connectivity index is 2.07. The molecule has 0 bridgehead atoms. The monoisotopic (exact) mass is 391 g/mol. The highest BCUT2D eigenvalue weighted by Gasteiger charge is 2.28. The maximum absolute atomic E-state index is 12.2. The summed E-state index contributed by atoms with van der Waals surface area (Å²) in [6.07, 6.45) is 5.61. The molecule has 1 aliphatic carbocycles. The van der Waals surface area contributed by atoms with Crippen LogP contribution in [0.4, 0.5) is 0 Å². The van der Waals surface area contributed by atoms with Crippen LogP contribution in [-0.2, 0) is 0 Å². The summed E-state index contributed by atoms with van der Waals surface area (Å²) in [5.41, 5.74) is 0.699. The van der Waals surface area contributed by atoms with Gasteiger partial charge in [-0.15, -0.1) is 0 Å². The summed E-state index contributed by atoms with van der Waals surface area (Å²) < 4.78 is 1.79. The number of nitrogens with one attached hydrogen (secondary N) is 1. The molecule has 5 heteroatoms. The van der Waals surface area contributed by atoms with E-state index in [-0.39, 0.29) is 5.91 Å². The maximum atomic E-state index is 12.2. The largest absolute Gasteiger partial charge is 0.348 e. The van der Waals surface area contributed by atoms with E-state index < -0.39 is 0 Å². The molecule has 1 amide bonds. The highest BCUT2D eigenvalue weighted by atomic mass is 79.9. The lowest BCUT2D eigenvalue weighted by atomic mass is 10.2. The van der Waals surface area contributed by atoms with E-state index in [9.17, 15) is 4.79 Å². The normalized spacial score (nSPS) is 23.1. The number of benzene rings is 1. The van der Waals surface area contributed by atoms with Gasteiger partial charge in [-0.3, -0.25) is 4.79 Å². The van der Waals surface area contributed by atoms with Gasteiger partial charge < -0.3 is 5.32 Å².